The van der Waals surface area contributed by atoms with Crippen LogP contribution in [0.15, 0.2) is 24.3 Å². The summed E-state index contributed by atoms with van der Waals surface area (Å²) in [6.45, 7) is 2.85. The van der Waals surface area contributed by atoms with E-state index < -0.39 is 0 Å². The number of hydrogen-bond donors (Lipinski definition) is 0. The molecule has 1 saturated heterocycles. The van der Waals surface area contributed by atoms with E-state index in [0.717, 1.165) is 30.8 Å². The van der Waals surface area contributed by atoms with Gasteiger partial charge in [-0.2, -0.15) is 0 Å². The predicted molar refractivity (Wildman–Crippen MR) is 66.1 cm³/mol. The van der Waals surface area contributed by atoms with Crippen molar-refractivity contribution in [2.45, 2.75) is 38.6 Å². The molecule has 3 nitrogen and oxygen atoms in total. The molecule has 1 heterocycles. The third-order valence-corrected chi connectivity index (χ3v) is 3.07. The first-order valence-corrected chi connectivity index (χ1v) is 6.21. The Morgan fingerprint density at radius 2 is 2.12 bits per heavy atom. The van der Waals surface area contributed by atoms with Crippen LogP contribution in [0.25, 0.3) is 0 Å². The number of ether oxygens (including phenoxy) is 3. The number of rotatable bonds is 4. The minimum absolute atomic E-state index is 0.00532. The summed E-state index contributed by atoms with van der Waals surface area (Å²) in [6.07, 6.45) is 3.24. The van der Waals surface area contributed by atoms with Crippen LogP contribution < -0.4 is 4.74 Å². The first kappa shape index (κ1) is 12.4. The van der Waals surface area contributed by atoms with Crippen molar-refractivity contribution in [2.24, 2.45) is 0 Å². The van der Waals surface area contributed by atoms with Crippen LogP contribution in [0.4, 0.5) is 0 Å². The zero-order chi connectivity index (χ0) is 12.1. The maximum Gasteiger partial charge on any atom is 0.158 e. The van der Waals surface area contributed by atoms with Gasteiger partial charge in [-0.1, -0.05) is 18.2 Å². The first-order chi connectivity index (χ1) is 8.31. The van der Waals surface area contributed by atoms with E-state index in [9.17, 15) is 0 Å². The Hall–Kier alpha value is -1.06. The molecule has 17 heavy (non-hydrogen) atoms. The number of para-hydroxylation sites is 1. The molecule has 2 atom stereocenters. The molecular formula is C14H20O3. The van der Waals surface area contributed by atoms with Crippen molar-refractivity contribution in [2.75, 3.05) is 13.7 Å². The van der Waals surface area contributed by atoms with Crippen molar-refractivity contribution in [1.82, 2.24) is 0 Å². The molecule has 1 aromatic rings. The summed E-state index contributed by atoms with van der Waals surface area (Å²) >= 11 is 0. The summed E-state index contributed by atoms with van der Waals surface area (Å²) in [7, 11) is 1.68. The maximum atomic E-state index is 5.92. The molecule has 0 radical (unpaired) electrons. The predicted octanol–water partition coefficient (Wildman–Crippen LogP) is 3.30. The van der Waals surface area contributed by atoms with E-state index in [1.165, 1.54) is 6.42 Å². The lowest BCUT2D eigenvalue weighted by Crippen LogP contribution is -2.23. The van der Waals surface area contributed by atoms with Crippen LogP contribution in [0, 0.1) is 0 Å². The van der Waals surface area contributed by atoms with Crippen LogP contribution in [0.5, 0.6) is 5.75 Å². The SMILES string of the molecule is COc1ccccc1C(C)OC1CCCCO1. The number of benzene rings is 1. The van der Waals surface area contributed by atoms with E-state index in [1.54, 1.807) is 7.11 Å². The molecule has 1 aliphatic rings. The third-order valence-electron chi connectivity index (χ3n) is 3.07. The monoisotopic (exact) mass is 236 g/mol. The zero-order valence-corrected chi connectivity index (χ0v) is 10.5. The molecule has 0 spiro atoms. The van der Waals surface area contributed by atoms with Crippen molar-refractivity contribution >= 4 is 0 Å². The topological polar surface area (TPSA) is 27.7 Å². The fourth-order valence-corrected chi connectivity index (χ4v) is 2.12. The summed E-state index contributed by atoms with van der Waals surface area (Å²) in [5, 5.41) is 0. The fourth-order valence-electron chi connectivity index (χ4n) is 2.12. The largest absolute Gasteiger partial charge is 0.496 e. The van der Waals surface area contributed by atoms with Gasteiger partial charge < -0.3 is 14.2 Å². The molecule has 1 aliphatic heterocycles. The van der Waals surface area contributed by atoms with E-state index in [4.69, 9.17) is 14.2 Å². The Labute approximate surface area is 103 Å². The van der Waals surface area contributed by atoms with Crippen LogP contribution in [-0.4, -0.2) is 20.0 Å². The molecule has 2 unspecified atom stereocenters. The highest BCUT2D eigenvalue weighted by Gasteiger charge is 2.19. The number of methoxy groups -OCH3 is 1. The molecule has 0 N–H and O–H groups in total. The van der Waals surface area contributed by atoms with E-state index in [0.29, 0.717) is 0 Å². The molecule has 0 amide bonds. The van der Waals surface area contributed by atoms with Crippen molar-refractivity contribution < 1.29 is 14.2 Å². The lowest BCUT2D eigenvalue weighted by molar-refractivity contribution is -0.186. The molecule has 1 aromatic carbocycles. The first-order valence-electron chi connectivity index (χ1n) is 6.21. The molecule has 1 fully saturated rings. The van der Waals surface area contributed by atoms with Gasteiger partial charge in [0.25, 0.3) is 0 Å². The van der Waals surface area contributed by atoms with Gasteiger partial charge in [0.05, 0.1) is 13.2 Å². The van der Waals surface area contributed by atoms with Gasteiger partial charge in [0.15, 0.2) is 6.29 Å². The molecule has 0 saturated carbocycles. The Morgan fingerprint density at radius 3 is 2.82 bits per heavy atom. The minimum atomic E-state index is -0.0661. The van der Waals surface area contributed by atoms with Gasteiger partial charge >= 0.3 is 0 Å². The maximum absolute atomic E-state index is 5.92. The normalized spacial score (nSPS) is 22.1. The minimum Gasteiger partial charge on any atom is -0.496 e. The summed E-state index contributed by atoms with van der Waals surface area (Å²) in [6, 6.07) is 7.95. The van der Waals surface area contributed by atoms with Crippen molar-refractivity contribution in [3.05, 3.63) is 29.8 Å². The van der Waals surface area contributed by atoms with Crippen LogP contribution >= 0.6 is 0 Å². The van der Waals surface area contributed by atoms with Gasteiger partial charge in [-0.3, -0.25) is 0 Å². The van der Waals surface area contributed by atoms with Crippen LogP contribution in [0.3, 0.4) is 0 Å². The van der Waals surface area contributed by atoms with Crippen molar-refractivity contribution in [3.8, 4) is 5.75 Å². The standard InChI is InChI=1S/C14H20O3/c1-11(17-14-9-5-6-10-16-14)12-7-3-4-8-13(12)15-2/h3-4,7-8,11,14H,5-6,9-10H2,1-2H3. The highest BCUT2D eigenvalue weighted by Crippen LogP contribution is 2.29. The molecular weight excluding hydrogens is 216 g/mol. The summed E-state index contributed by atoms with van der Waals surface area (Å²) in [5.41, 5.74) is 1.07. The van der Waals surface area contributed by atoms with Gasteiger partial charge in [-0.05, 0) is 32.3 Å². The summed E-state index contributed by atoms with van der Waals surface area (Å²) in [4.78, 5) is 0. The molecule has 0 aliphatic carbocycles. The Kier molecular flexibility index (Phi) is 4.40. The van der Waals surface area contributed by atoms with Gasteiger partial charge in [0, 0.05) is 12.2 Å². The average molecular weight is 236 g/mol. The second-order valence-electron chi connectivity index (χ2n) is 4.32. The van der Waals surface area contributed by atoms with Gasteiger partial charge in [-0.25, -0.2) is 0 Å². The van der Waals surface area contributed by atoms with E-state index >= 15 is 0 Å². The van der Waals surface area contributed by atoms with Crippen LogP contribution in [0.2, 0.25) is 0 Å². The second kappa shape index (κ2) is 6.03. The number of hydrogen-bond acceptors (Lipinski definition) is 3. The van der Waals surface area contributed by atoms with Crippen molar-refractivity contribution in [3.63, 3.8) is 0 Å². The van der Waals surface area contributed by atoms with Crippen LogP contribution in [-0.2, 0) is 9.47 Å². The van der Waals surface area contributed by atoms with Crippen LogP contribution in [0.1, 0.15) is 37.9 Å². The lowest BCUT2D eigenvalue weighted by atomic mass is 10.1. The molecule has 0 bridgehead atoms. The van der Waals surface area contributed by atoms with E-state index in [-0.39, 0.29) is 12.4 Å². The van der Waals surface area contributed by atoms with E-state index in [2.05, 4.69) is 0 Å². The summed E-state index contributed by atoms with van der Waals surface area (Å²) in [5.74, 6) is 0.871. The second-order valence-corrected chi connectivity index (χ2v) is 4.32. The van der Waals surface area contributed by atoms with Gasteiger partial charge in [0.2, 0.25) is 0 Å². The quantitative estimate of drug-likeness (QED) is 0.802. The Bertz CT molecular complexity index is 345. The molecule has 0 aromatic heterocycles. The van der Waals surface area contributed by atoms with E-state index in [1.807, 2.05) is 31.2 Å². The zero-order valence-electron chi connectivity index (χ0n) is 10.5. The molecule has 2 rings (SSSR count). The van der Waals surface area contributed by atoms with Gasteiger partial charge in [-0.15, -0.1) is 0 Å². The highest BCUT2D eigenvalue weighted by molar-refractivity contribution is 5.34. The highest BCUT2D eigenvalue weighted by atomic mass is 16.7. The van der Waals surface area contributed by atoms with Gasteiger partial charge in [0.1, 0.15) is 5.75 Å². The molecule has 94 valence electrons. The smallest absolute Gasteiger partial charge is 0.158 e. The Morgan fingerprint density at radius 1 is 1.29 bits per heavy atom. The Balaban J connectivity index is 2.00. The summed E-state index contributed by atoms with van der Waals surface area (Å²) < 4.78 is 16.8. The lowest BCUT2D eigenvalue weighted by Gasteiger charge is -2.26. The fraction of sp³-hybridized carbons (Fsp3) is 0.571. The average Bonchev–Trinajstić information content (AvgIpc) is 2.40. The van der Waals surface area contributed by atoms with Crippen molar-refractivity contribution in [1.29, 1.82) is 0 Å². The molecule has 3 heteroatoms. The third kappa shape index (κ3) is 3.20.